The van der Waals surface area contributed by atoms with E-state index in [2.05, 4.69) is 17.6 Å². The van der Waals surface area contributed by atoms with Gasteiger partial charge < -0.3 is 25.4 Å². The van der Waals surface area contributed by atoms with Crippen LogP contribution in [0.1, 0.15) is 53.9 Å². The van der Waals surface area contributed by atoms with Crippen LogP contribution in [0, 0.1) is 17.8 Å². The van der Waals surface area contributed by atoms with Gasteiger partial charge in [-0.3, -0.25) is 14.4 Å². The summed E-state index contributed by atoms with van der Waals surface area (Å²) < 4.78 is 4.85. The van der Waals surface area contributed by atoms with Crippen LogP contribution in [0.3, 0.4) is 0 Å². The summed E-state index contributed by atoms with van der Waals surface area (Å²) in [5, 5.41) is 15.4. The highest BCUT2D eigenvalue weighted by Crippen LogP contribution is 2.68. The number of nitrogens with one attached hydrogen (secondary N) is 2. The van der Waals surface area contributed by atoms with Gasteiger partial charge in [0.25, 0.3) is 0 Å². The monoisotopic (exact) mass is 517 g/mol. The van der Waals surface area contributed by atoms with Crippen molar-refractivity contribution < 1.29 is 24.2 Å². The fraction of sp³-hybridized carbons (Fsp3) is 0.667. The minimum absolute atomic E-state index is 0.0128. The number of likely N-dealkylation sites (tertiary alicyclic amines) is 1. The third kappa shape index (κ3) is 4.72. The molecule has 1 spiro atoms. The molecule has 3 fully saturated rings. The normalized spacial score (nSPS) is 30.9. The van der Waals surface area contributed by atoms with Crippen molar-refractivity contribution in [3.8, 4) is 5.75 Å². The van der Waals surface area contributed by atoms with Gasteiger partial charge in [0.05, 0.1) is 23.2 Å². The zero-order chi connectivity index (χ0) is 26.3. The van der Waals surface area contributed by atoms with E-state index in [1.165, 1.54) is 0 Å². The first-order valence-corrected chi connectivity index (χ1v) is 13.9. The van der Waals surface area contributed by atoms with Crippen molar-refractivity contribution in [1.29, 1.82) is 0 Å². The van der Waals surface area contributed by atoms with E-state index >= 15 is 0 Å². The quantitative estimate of drug-likeness (QED) is 0.435. The lowest BCUT2D eigenvalue weighted by Crippen LogP contribution is -2.59. The number of unbranched alkanes of at least 4 members (excludes halogenated alkanes) is 1. The Bertz CT molecular complexity index is 994. The molecule has 8 nitrogen and oxygen atoms in total. The number of benzene rings is 1. The first kappa shape index (κ1) is 26.8. The van der Waals surface area contributed by atoms with Crippen molar-refractivity contribution in [2.45, 2.75) is 75.5 Å². The van der Waals surface area contributed by atoms with Crippen molar-refractivity contribution in [3.63, 3.8) is 0 Å². The topological polar surface area (TPSA) is 108 Å². The number of nitrogens with zero attached hydrogens (tertiary/aromatic N) is 1. The molecule has 1 aromatic rings. The van der Waals surface area contributed by atoms with Crippen molar-refractivity contribution in [2.75, 3.05) is 25.1 Å². The molecule has 0 radical (unpaired) electrons. The third-order valence-corrected chi connectivity index (χ3v) is 9.61. The maximum Gasteiger partial charge on any atom is 0.244 e. The fourth-order valence-corrected chi connectivity index (χ4v) is 8.64. The molecule has 3 unspecified atom stereocenters. The second kappa shape index (κ2) is 10.2. The van der Waals surface area contributed by atoms with Crippen molar-refractivity contribution in [1.82, 2.24) is 10.2 Å². The number of amides is 3. The molecular formula is C27H39N3O5S. The molecule has 6 atom stereocenters. The molecule has 3 N–H and O–H groups in total. The van der Waals surface area contributed by atoms with E-state index < -0.39 is 28.2 Å². The summed E-state index contributed by atoms with van der Waals surface area (Å²) in [6.07, 6.45) is 1.96. The molecule has 2 bridgehead atoms. The number of hydrogen-bond acceptors (Lipinski definition) is 6. The fourth-order valence-electron chi connectivity index (χ4n) is 6.22. The lowest BCUT2D eigenvalue weighted by Gasteiger charge is -2.39. The lowest BCUT2D eigenvalue weighted by atomic mass is 9.65. The Morgan fingerprint density at radius 1 is 1.19 bits per heavy atom. The second-order valence-electron chi connectivity index (χ2n) is 11.2. The van der Waals surface area contributed by atoms with E-state index in [1.54, 1.807) is 28.8 Å². The number of ether oxygens (including phenoxy) is 1. The van der Waals surface area contributed by atoms with Gasteiger partial charge in [0.2, 0.25) is 17.7 Å². The Morgan fingerprint density at radius 2 is 1.89 bits per heavy atom. The first-order chi connectivity index (χ1) is 17.0. The van der Waals surface area contributed by atoms with E-state index in [4.69, 9.17) is 4.74 Å². The number of rotatable bonds is 9. The summed E-state index contributed by atoms with van der Waals surface area (Å²) in [7, 11) is 0. The predicted octanol–water partition coefficient (Wildman–Crippen LogP) is 3.05. The van der Waals surface area contributed by atoms with Crippen LogP contribution in [0.2, 0.25) is 0 Å². The van der Waals surface area contributed by atoms with E-state index in [1.807, 2.05) is 39.8 Å². The highest BCUT2D eigenvalue weighted by Gasteiger charge is 2.75. The van der Waals surface area contributed by atoms with Crippen LogP contribution in [0.5, 0.6) is 5.75 Å². The van der Waals surface area contributed by atoms with Gasteiger partial charge in [-0.1, -0.05) is 6.92 Å². The molecular weight excluding hydrogens is 478 g/mol. The molecule has 36 heavy (non-hydrogen) atoms. The van der Waals surface area contributed by atoms with Crippen LogP contribution in [0.15, 0.2) is 24.3 Å². The number of hydrogen-bond donors (Lipinski definition) is 3. The minimum atomic E-state index is -0.642. The summed E-state index contributed by atoms with van der Waals surface area (Å²) in [5.41, 5.74) is 0.214. The van der Waals surface area contributed by atoms with Crippen LogP contribution >= 0.6 is 11.8 Å². The van der Waals surface area contributed by atoms with Crippen molar-refractivity contribution in [3.05, 3.63) is 24.3 Å². The molecule has 3 amide bonds. The predicted molar refractivity (Wildman–Crippen MR) is 141 cm³/mol. The number of aliphatic hydroxyl groups is 1. The summed E-state index contributed by atoms with van der Waals surface area (Å²) in [6, 6.07) is 6.60. The largest absolute Gasteiger partial charge is 0.494 e. The number of aliphatic hydroxyl groups excluding tert-OH is 1. The van der Waals surface area contributed by atoms with Gasteiger partial charge in [0.15, 0.2) is 0 Å². The van der Waals surface area contributed by atoms with E-state index in [0.717, 1.165) is 12.2 Å². The van der Waals surface area contributed by atoms with Gasteiger partial charge in [-0.05, 0) is 77.1 Å². The van der Waals surface area contributed by atoms with Crippen LogP contribution in [0.25, 0.3) is 0 Å². The number of anilines is 1. The molecule has 9 heteroatoms. The maximum atomic E-state index is 13.9. The van der Waals surface area contributed by atoms with Crippen LogP contribution < -0.4 is 15.4 Å². The molecule has 0 aromatic heterocycles. The van der Waals surface area contributed by atoms with Gasteiger partial charge in [-0.2, -0.15) is 0 Å². The van der Waals surface area contributed by atoms with E-state index in [0.29, 0.717) is 31.7 Å². The molecule has 0 saturated carbocycles. The Balaban J connectivity index is 1.63. The number of carbonyl (C=O) groups excluding carboxylic acids is 3. The summed E-state index contributed by atoms with van der Waals surface area (Å²) >= 11 is 1.67. The molecule has 1 aromatic carbocycles. The molecule has 198 valence electrons. The smallest absolute Gasteiger partial charge is 0.244 e. The minimum Gasteiger partial charge on any atom is -0.494 e. The SMILES string of the molecule is CCOc1ccc(NC(=O)[C@@H]2[C@@H]3CC(C)C4(S3)C(C(=O)NC(C)(C)C)N(CCCCO)C(=O)[C@H]24)cc1. The second-order valence-corrected chi connectivity index (χ2v) is 12.7. The van der Waals surface area contributed by atoms with Crippen molar-refractivity contribution in [2.24, 2.45) is 17.8 Å². The standard InChI is InChI=1S/C27H39N3O5S/c1-6-35-18-11-9-17(10-12-18)28-23(32)20-19-15-16(2)27(36-19)21(20)25(34)30(13-7-8-14-31)22(27)24(33)29-26(3,4)5/h9-12,16,19-22,31H,6-8,13-15H2,1-5H3,(H,28,32)(H,29,33)/t16?,19-,20+,21-,22?,27?/m0/s1. The molecule has 3 heterocycles. The van der Waals surface area contributed by atoms with E-state index in [9.17, 15) is 19.5 Å². The molecule has 3 aliphatic rings. The summed E-state index contributed by atoms with van der Waals surface area (Å²) in [4.78, 5) is 43.0. The van der Waals surface area contributed by atoms with Gasteiger partial charge in [0, 0.05) is 29.6 Å². The Morgan fingerprint density at radius 3 is 2.50 bits per heavy atom. The zero-order valence-corrected chi connectivity index (χ0v) is 22.7. The molecule has 0 aliphatic carbocycles. The van der Waals surface area contributed by atoms with Gasteiger partial charge in [-0.15, -0.1) is 11.8 Å². The van der Waals surface area contributed by atoms with Crippen molar-refractivity contribution >= 4 is 35.2 Å². The van der Waals surface area contributed by atoms with Crippen LogP contribution in [0.4, 0.5) is 5.69 Å². The van der Waals surface area contributed by atoms with Crippen LogP contribution in [-0.4, -0.2) is 69.1 Å². The molecule has 3 saturated heterocycles. The average molecular weight is 518 g/mol. The number of fused-ring (bicyclic) bond motifs is 1. The average Bonchev–Trinajstić information content (AvgIpc) is 3.38. The van der Waals surface area contributed by atoms with Gasteiger partial charge >= 0.3 is 0 Å². The molecule has 3 aliphatic heterocycles. The number of carbonyl (C=O) groups is 3. The highest BCUT2D eigenvalue weighted by molar-refractivity contribution is 8.02. The Labute approximate surface area is 217 Å². The van der Waals surface area contributed by atoms with Gasteiger partial charge in [0.1, 0.15) is 11.8 Å². The Hall–Kier alpha value is -2.26. The lowest BCUT2D eigenvalue weighted by molar-refractivity contribution is -0.139. The number of thioether (sulfide) groups is 1. The zero-order valence-electron chi connectivity index (χ0n) is 21.9. The van der Waals surface area contributed by atoms with Gasteiger partial charge in [-0.25, -0.2) is 0 Å². The molecule has 4 rings (SSSR count). The van der Waals surface area contributed by atoms with E-state index in [-0.39, 0.29) is 35.5 Å². The highest BCUT2D eigenvalue weighted by atomic mass is 32.2. The third-order valence-electron chi connectivity index (χ3n) is 7.53. The van der Waals surface area contributed by atoms with Crippen LogP contribution in [-0.2, 0) is 14.4 Å². The summed E-state index contributed by atoms with van der Waals surface area (Å²) in [5.74, 6) is -0.645. The summed E-state index contributed by atoms with van der Waals surface area (Å²) in [6.45, 7) is 10.8. The Kier molecular flexibility index (Phi) is 7.62. The maximum absolute atomic E-state index is 13.9. The first-order valence-electron chi connectivity index (χ1n) is 13.0.